The zero-order chi connectivity index (χ0) is 16.2. The first-order chi connectivity index (χ1) is 10.4. The summed E-state index contributed by atoms with van der Waals surface area (Å²) in [7, 11) is -3.62. The van der Waals surface area contributed by atoms with Crippen LogP contribution in [-0.4, -0.2) is 20.1 Å². The molecule has 0 radical (unpaired) electrons. The highest BCUT2D eigenvalue weighted by molar-refractivity contribution is 7.89. The SMILES string of the molecule is Cc1cc(S(=O)(=O)NCCCc2ccc(O)cc2)ccc1F. The Bertz CT molecular complexity index is 742. The second-order valence-electron chi connectivity index (χ2n) is 5.08. The Morgan fingerprint density at radius 2 is 1.82 bits per heavy atom. The van der Waals surface area contributed by atoms with Crippen LogP contribution >= 0.6 is 0 Å². The van der Waals surface area contributed by atoms with E-state index in [9.17, 15) is 17.9 Å². The predicted octanol–water partition coefficient (Wildman–Crippen LogP) is 2.75. The topological polar surface area (TPSA) is 66.4 Å². The summed E-state index contributed by atoms with van der Waals surface area (Å²) in [4.78, 5) is 0.0658. The first-order valence-electron chi connectivity index (χ1n) is 6.92. The summed E-state index contributed by atoms with van der Waals surface area (Å²) in [5.74, 6) is -0.220. The number of nitrogens with one attached hydrogen (secondary N) is 1. The number of aryl methyl sites for hydroxylation is 2. The lowest BCUT2D eigenvalue weighted by Crippen LogP contribution is -2.25. The van der Waals surface area contributed by atoms with Crippen LogP contribution in [0, 0.1) is 12.7 Å². The van der Waals surface area contributed by atoms with Crippen molar-refractivity contribution in [3.63, 3.8) is 0 Å². The zero-order valence-corrected chi connectivity index (χ0v) is 13.0. The van der Waals surface area contributed by atoms with Crippen LogP contribution in [-0.2, 0) is 16.4 Å². The Morgan fingerprint density at radius 1 is 1.14 bits per heavy atom. The number of rotatable bonds is 6. The van der Waals surface area contributed by atoms with Crippen molar-refractivity contribution in [3.05, 3.63) is 59.4 Å². The van der Waals surface area contributed by atoms with E-state index in [1.165, 1.54) is 19.1 Å². The minimum absolute atomic E-state index is 0.0658. The van der Waals surface area contributed by atoms with Crippen LogP contribution < -0.4 is 4.72 Å². The van der Waals surface area contributed by atoms with Gasteiger partial charge in [-0.1, -0.05) is 12.1 Å². The molecule has 0 heterocycles. The van der Waals surface area contributed by atoms with Crippen molar-refractivity contribution in [1.29, 1.82) is 0 Å². The van der Waals surface area contributed by atoms with Gasteiger partial charge in [0, 0.05) is 6.54 Å². The van der Waals surface area contributed by atoms with E-state index >= 15 is 0 Å². The van der Waals surface area contributed by atoms with Crippen molar-refractivity contribution in [2.45, 2.75) is 24.7 Å². The molecule has 0 unspecified atom stereocenters. The van der Waals surface area contributed by atoms with Crippen LogP contribution in [0.2, 0.25) is 0 Å². The van der Waals surface area contributed by atoms with E-state index in [0.29, 0.717) is 24.9 Å². The molecule has 22 heavy (non-hydrogen) atoms. The molecule has 0 bridgehead atoms. The molecule has 0 fully saturated rings. The molecule has 2 N–H and O–H groups in total. The van der Waals surface area contributed by atoms with E-state index in [1.807, 2.05) is 0 Å². The van der Waals surface area contributed by atoms with E-state index < -0.39 is 15.8 Å². The van der Waals surface area contributed by atoms with Gasteiger partial charge in [0.15, 0.2) is 0 Å². The second kappa shape index (κ2) is 6.89. The molecule has 6 heteroatoms. The smallest absolute Gasteiger partial charge is 0.240 e. The summed E-state index contributed by atoms with van der Waals surface area (Å²) in [6, 6.07) is 10.5. The van der Waals surface area contributed by atoms with Crippen molar-refractivity contribution < 1.29 is 17.9 Å². The first kappa shape index (κ1) is 16.5. The summed E-state index contributed by atoms with van der Waals surface area (Å²) in [6.07, 6.45) is 1.33. The average Bonchev–Trinajstić information content (AvgIpc) is 2.48. The molecule has 0 amide bonds. The average molecular weight is 323 g/mol. The number of halogens is 1. The van der Waals surface area contributed by atoms with Crippen LogP contribution in [0.15, 0.2) is 47.4 Å². The van der Waals surface area contributed by atoms with Gasteiger partial charge in [-0.25, -0.2) is 17.5 Å². The van der Waals surface area contributed by atoms with Crippen LogP contribution in [0.3, 0.4) is 0 Å². The van der Waals surface area contributed by atoms with Gasteiger partial charge in [-0.15, -0.1) is 0 Å². The Labute approximate surface area is 129 Å². The fraction of sp³-hybridized carbons (Fsp3) is 0.250. The molecule has 2 rings (SSSR count). The Morgan fingerprint density at radius 3 is 2.45 bits per heavy atom. The molecule has 2 aromatic carbocycles. The van der Waals surface area contributed by atoms with E-state index in [0.717, 1.165) is 11.6 Å². The van der Waals surface area contributed by atoms with Crippen molar-refractivity contribution in [3.8, 4) is 5.75 Å². The van der Waals surface area contributed by atoms with Gasteiger partial charge in [0.05, 0.1) is 4.90 Å². The molecule has 0 saturated heterocycles. The van der Waals surface area contributed by atoms with Gasteiger partial charge < -0.3 is 5.11 Å². The molecular formula is C16H18FNO3S. The minimum atomic E-state index is -3.62. The summed E-state index contributed by atoms with van der Waals surface area (Å²) in [5.41, 5.74) is 1.32. The molecule has 0 aliphatic heterocycles. The van der Waals surface area contributed by atoms with Crippen LogP contribution in [0.5, 0.6) is 5.75 Å². The van der Waals surface area contributed by atoms with E-state index in [4.69, 9.17) is 0 Å². The van der Waals surface area contributed by atoms with Gasteiger partial charge in [0.25, 0.3) is 0 Å². The zero-order valence-electron chi connectivity index (χ0n) is 12.2. The number of phenols is 1. The third-order valence-electron chi connectivity index (χ3n) is 3.31. The highest BCUT2D eigenvalue weighted by Gasteiger charge is 2.14. The third kappa shape index (κ3) is 4.29. The third-order valence-corrected chi connectivity index (χ3v) is 4.77. The van der Waals surface area contributed by atoms with Crippen molar-refractivity contribution in [2.24, 2.45) is 0 Å². The lowest BCUT2D eigenvalue weighted by molar-refractivity contribution is 0.475. The number of sulfonamides is 1. The number of hydrogen-bond donors (Lipinski definition) is 2. The second-order valence-corrected chi connectivity index (χ2v) is 6.85. The standard InChI is InChI=1S/C16H18FNO3S/c1-12-11-15(8-9-16(12)17)22(20,21)18-10-2-3-13-4-6-14(19)7-5-13/h4-9,11,18-19H,2-3,10H2,1H3. The molecule has 0 aromatic heterocycles. The van der Waals surface area contributed by atoms with E-state index in [1.54, 1.807) is 24.3 Å². The molecule has 0 aliphatic rings. The lowest BCUT2D eigenvalue weighted by atomic mass is 10.1. The minimum Gasteiger partial charge on any atom is -0.508 e. The summed E-state index contributed by atoms with van der Waals surface area (Å²) >= 11 is 0. The quantitative estimate of drug-likeness (QED) is 0.803. The summed E-state index contributed by atoms with van der Waals surface area (Å²) < 4.78 is 39.9. The Kier molecular flexibility index (Phi) is 5.15. The van der Waals surface area contributed by atoms with Gasteiger partial charge in [0.2, 0.25) is 10.0 Å². The fourth-order valence-corrected chi connectivity index (χ4v) is 3.19. The molecule has 0 spiro atoms. The predicted molar refractivity (Wildman–Crippen MR) is 82.8 cm³/mol. The molecule has 4 nitrogen and oxygen atoms in total. The van der Waals surface area contributed by atoms with Crippen molar-refractivity contribution >= 4 is 10.0 Å². The van der Waals surface area contributed by atoms with Gasteiger partial charge in [0.1, 0.15) is 11.6 Å². The van der Waals surface area contributed by atoms with Crippen molar-refractivity contribution in [2.75, 3.05) is 6.54 Å². The number of aromatic hydroxyl groups is 1. The van der Waals surface area contributed by atoms with E-state index in [-0.39, 0.29) is 10.6 Å². The maximum absolute atomic E-state index is 13.2. The molecule has 0 aliphatic carbocycles. The van der Waals surface area contributed by atoms with Gasteiger partial charge >= 0.3 is 0 Å². The first-order valence-corrected chi connectivity index (χ1v) is 8.40. The van der Waals surface area contributed by atoms with Crippen LogP contribution in [0.4, 0.5) is 4.39 Å². The van der Waals surface area contributed by atoms with E-state index in [2.05, 4.69) is 4.72 Å². The monoisotopic (exact) mass is 323 g/mol. The molecular weight excluding hydrogens is 305 g/mol. The Balaban J connectivity index is 1.89. The maximum Gasteiger partial charge on any atom is 0.240 e. The molecule has 118 valence electrons. The van der Waals surface area contributed by atoms with Crippen LogP contribution in [0.25, 0.3) is 0 Å². The Hall–Kier alpha value is -1.92. The molecule has 0 atom stereocenters. The highest BCUT2D eigenvalue weighted by atomic mass is 32.2. The fourth-order valence-electron chi connectivity index (χ4n) is 2.03. The number of hydrogen-bond acceptors (Lipinski definition) is 3. The largest absolute Gasteiger partial charge is 0.508 e. The number of benzene rings is 2. The lowest BCUT2D eigenvalue weighted by Gasteiger charge is -2.08. The van der Waals surface area contributed by atoms with Crippen LogP contribution in [0.1, 0.15) is 17.5 Å². The number of phenolic OH excluding ortho intramolecular Hbond substituents is 1. The van der Waals surface area contributed by atoms with Gasteiger partial charge in [-0.2, -0.15) is 0 Å². The van der Waals surface area contributed by atoms with Crippen molar-refractivity contribution in [1.82, 2.24) is 4.72 Å². The highest BCUT2D eigenvalue weighted by Crippen LogP contribution is 2.14. The maximum atomic E-state index is 13.2. The molecule has 2 aromatic rings. The van der Waals surface area contributed by atoms with Gasteiger partial charge in [-0.3, -0.25) is 0 Å². The molecule has 0 saturated carbocycles. The normalized spacial score (nSPS) is 11.5. The summed E-state index contributed by atoms with van der Waals surface area (Å²) in [5, 5.41) is 9.18. The summed E-state index contributed by atoms with van der Waals surface area (Å²) in [6.45, 7) is 1.82. The van der Waals surface area contributed by atoms with Gasteiger partial charge in [-0.05, 0) is 61.2 Å².